The number of hydrogen-bond acceptors (Lipinski definition) is 3. The second kappa shape index (κ2) is 7.11. The number of rotatable bonds is 3. The van der Waals surface area contributed by atoms with Crippen LogP contribution in [0.25, 0.3) is 0 Å². The monoisotopic (exact) mass is 289 g/mol. The van der Waals surface area contributed by atoms with E-state index in [1.54, 1.807) is 6.92 Å². The van der Waals surface area contributed by atoms with Gasteiger partial charge in [0.05, 0.1) is 0 Å². The molecule has 114 valence electrons. The van der Waals surface area contributed by atoms with Crippen molar-refractivity contribution >= 4 is 17.5 Å². The maximum absolute atomic E-state index is 12.3. The molecule has 5 heteroatoms. The molecule has 0 radical (unpaired) electrons. The van der Waals surface area contributed by atoms with Crippen molar-refractivity contribution in [2.45, 2.75) is 26.2 Å². The van der Waals surface area contributed by atoms with Gasteiger partial charge in [0, 0.05) is 45.2 Å². The minimum absolute atomic E-state index is 0.0871. The summed E-state index contributed by atoms with van der Waals surface area (Å²) < 4.78 is 0. The first-order valence-electron chi connectivity index (χ1n) is 7.44. The van der Waals surface area contributed by atoms with Crippen molar-refractivity contribution in [3.05, 3.63) is 29.8 Å². The minimum atomic E-state index is 0.0871. The average molecular weight is 289 g/mol. The topological polar surface area (TPSA) is 66.6 Å². The smallest absolute Gasteiger partial charge is 0.222 e. The molecular formula is C16H23N3O2. The van der Waals surface area contributed by atoms with Gasteiger partial charge in [-0.05, 0) is 30.5 Å². The lowest BCUT2D eigenvalue weighted by Crippen LogP contribution is -2.36. The van der Waals surface area contributed by atoms with E-state index in [9.17, 15) is 9.59 Å². The van der Waals surface area contributed by atoms with E-state index in [-0.39, 0.29) is 11.8 Å². The van der Waals surface area contributed by atoms with Crippen molar-refractivity contribution in [3.8, 4) is 0 Å². The standard InChI is InChI=1S/C16H23N3O2/c1-13(20)18-8-3-9-19(11-10-18)16(21)7-6-14-4-2-5-15(17)12-14/h2,4-5,12H,3,6-11,17H2,1H3. The van der Waals surface area contributed by atoms with Crippen LogP contribution in [0.1, 0.15) is 25.3 Å². The Kier molecular flexibility index (Phi) is 5.20. The number of anilines is 1. The van der Waals surface area contributed by atoms with Gasteiger partial charge in [0.2, 0.25) is 11.8 Å². The highest BCUT2D eigenvalue weighted by molar-refractivity contribution is 5.77. The van der Waals surface area contributed by atoms with Gasteiger partial charge < -0.3 is 15.5 Å². The number of nitrogens with two attached hydrogens (primary N) is 1. The molecule has 0 bridgehead atoms. The first-order valence-corrected chi connectivity index (χ1v) is 7.44. The number of amides is 2. The van der Waals surface area contributed by atoms with Gasteiger partial charge in [-0.25, -0.2) is 0 Å². The van der Waals surface area contributed by atoms with E-state index >= 15 is 0 Å². The third kappa shape index (κ3) is 4.48. The molecule has 1 heterocycles. The van der Waals surface area contributed by atoms with Crippen LogP contribution in [0.15, 0.2) is 24.3 Å². The van der Waals surface area contributed by atoms with Gasteiger partial charge in [0.15, 0.2) is 0 Å². The summed E-state index contributed by atoms with van der Waals surface area (Å²) in [5, 5.41) is 0. The Balaban J connectivity index is 1.84. The summed E-state index contributed by atoms with van der Waals surface area (Å²) in [5.74, 6) is 0.242. The van der Waals surface area contributed by atoms with Crippen LogP contribution >= 0.6 is 0 Å². The number of carbonyl (C=O) groups excluding carboxylic acids is 2. The summed E-state index contributed by atoms with van der Waals surface area (Å²) in [6.07, 6.45) is 2.05. The Morgan fingerprint density at radius 2 is 1.86 bits per heavy atom. The first-order chi connectivity index (χ1) is 10.1. The summed E-state index contributed by atoms with van der Waals surface area (Å²) in [6.45, 7) is 4.33. The maximum Gasteiger partial charge on any atom is 0.222 e. The van der Waals surface area contributed by atoms with E-state index in [2.05, 4.69) is 0 Å². The number of hydrogen-bond donors (Lipinski definition) is 1. The van der Waals surface area contributed by atoms with Crippen LogP contribution in [0.3, 0.4) is 0 Å². The van der Waals surface area contributed by atoms with Crippen LogP contribution in [-0.2, 0) is 16.0 Å². The summed E-state index contributed by atoms with van der Waals surface area (Å²) in [4.78, 5) is 27.3. The van der Waals surface area contributed by atoms with Crippen molar-refractivity contribution in [2.24, 2.45) is 0 Å². The van der Waals surface area contributed by atoms with Gasteiger partial charge >= 0.3 is 0 Å². The summed E-state index contributed by atoms with van der Waals surface area (Å²) in [6, 6.07) is 7.65. The second-order valence-electron chi connectivity index (χ2n) is 5.49. The molecule has 21 heavy (non-hydrogen) atoms. The Hall–Kier alpha value is -2.04. The second-order valence-corrected chi connectivity index (χ2v) is 5.49. The predicted molar refractivity (Wildman–Crippen MR) is 82.6 cm³/mol. The fraction of sp³-hybridized carbons (Fsp3) is 0.500. The van der Waals surface area contributed by atoms with E-state index in [0.29, 0.717) is 25.9 Å². The van der Waals surface area contributed by atoms with Crippen LogP contribution in [0.4, 0.5) is 5.69 Å². The molecule has 0 spiro atoms. The van der Waals surface area contributed by atoms with Gasteiger partial charge in [0.1, 0.15) is 0 Å². The molecule has 5 nitrogen and oxygen atoms in total. The van der Waals surface area contributed by atoms with Crippen molar-refractivity contribution in [1.29, 1.82) is 0 Å². The normalized spacial score (nSPS) is 15.7. The minimum Gasteiger partial charge on any atom is -0.399 e. The van der Waals surface area contributed by atoms with Gasteiger partial charge in [-0.1, -0.05) is 12.1 Å². The van der Waals surface area contributed by atoms with Crippen molar-refractivity contribution < 1.29 is 9.59 Å². The van der Waals surface area contributed by atoms with E-state index < -0.39 is 0 Å². The highest BCUT2D eigenvalue weighted by atomic mass is 16.2. The SMILES string of the molecule is CC(=O)N1CCCN(C(=O)CCc2cccc(N)c2)CC1. The maximum atomic E-state index is 12.3. The van der Waals surface area contributed by atoms with Crippen LogP contribution < -0.4 is 5.73 Å². The van der Waals surface area contributed by atoms with Crippen LogP contribution in [0.5, 0.6) is 0 Å². The molecule has 0 atom stereocenters. The Labute approximate surface area is 125 Å². The molecule has 1 saturated heterocycles. The van der Waals surface area contributed by atoms with E-state index in [1.807, 2.05) is 34.1 Å². The van der Waals surface area contributed by atoms with Crippen LogP contribution in [0.2, 0.25) is 0 Å². The van der Waals surface area contributed by atoms with Gasteiger partial charge in [-0.3, -0.25) is 9.59 Å². The number of carbonyl (C=O) groups is 2. The molecule has 2 amide bonds. The molecule has 0 aromatic heterocycles. The van der Waals surface area contributed by atoms with Crippen LogP contribution in [0, 0.1) is 0 Å². The molecule has 1 aromatic carbocycles. The Morgan fingerprint density at radius 3 is 2.57 bits per heavy atom. The lowest BCUT2D eigenvalue weighted by Gasteiger charge is -2.21. The van der Waals surface area contributed by atoms with Gasteiger partial charge in [-0.15, -0.1) is 0 Å². The average Bonchev–Trinajstić information content (AvgIpc) is 2.71. The summed E-state index contributed by atoms with van der Waals surface area (Å²) >= 11 is 0. The zero-order valence-electron chi connectivity index (χ0n) is 12.5. The lowest BCUT2D eigenvalue weighted by molar-refractivity contribution is -0.132. The number of aryl methyl sites for hydroxylation is 1. The highest BCUT2D eigenvalue weighted by Gasteiger charge is 2.19. The Morgan fingerprint density at radius 1 is 1.14 bits per heavy atom. The molecular weight excluding hydrogens is 266 g/mol. The van der Waals surface area contributed by atoms with Gasteiger partial charge in [-0.2, -0.15) is 0 Å². The van der Waals surface area contributed by atoms with E-state index in [0.717, 1.165) is 30.8 Å². The highest BCUT2D eigenvalue weighted by Crippen LogP contribution is 2.11. The summed E-state index contributed by atoms with van der Waals surface area (Å²) in [5.41, 5.74) is 7.55. The van der Waals surface area contributed by atoms with Crippen LogP contribution in [-0.4, -0.2) is 47.8 Å². The zero-order valence-corrected chi connectivity index (χ0v) is 12.5. The Bertz CT molecular complexity index is 516. The van der Waals surface area contributed by atoms with E-state index in [4.69, 9.17) is 5.73 Å². The van der Waals surface area contributed by atoms with Gasteiger partial charge in [0.25, 0.3) is 0 Å². The largest absolute Gasteiger partial charge is 0.399 e. The number of nitrogen functional groups attached to an aromatic ring is 1. The molecule has 2 rings (SSSR count). The lowest BCUT2D eigenvalue weighted by atomic mass is 10.1. The van der Waals surface area contributed by atoms with E-state index in [1.165, 1.54) is 0 Å². The van der Waals surface area contributed by atoms with Crippen molar-refractivity contribution in [3.63, 3.8) is 0 Å². The van der Waals surface area contributed by atoms with Crippen molar-refractivity contribution in [1.82, 2.24) is 9.80 Å². The molecule has 1 aliphatic heterocycles. The first kappa shape index (κ1) is 15.4. The third-order valence-electron chi connectivity index (χ3n) is 3.87. The third-order valence-corrected chi connectivity index (χ3v) is 3.87. The molecule has 0 aliphatic carbocycles. The van der Waals surface area contributed by atoms with Crippen molar-refractivity contribution in [2.75, 3.05) is 31.9 Å². The molecule has 1 aliphatic rings. The fourth-order valence-corrected chi connectivity index (χ4v) is 2.64. The molecule has 1 fully saturated rings. The predicted octanol–water partition coefficient (Wildman–Crippen LogP) is 1.28. The molecule has 2 N–H and O–H groups in total. The molecule has 0 saturated carbocycles. The number of benzene rings is 1. The zero-order chi connectivity index (χ0) is 15.2. The summed E-state index contributed by atoms with van der Waals surface area (Å²) in [7, 11) is 0. The molecule has 1 aromatic rings. The fourth-order valence-electron chi connectivity index (χ4n) is 2.64. The number of nitrogens with zero attached hydrogens (tertiary/aromatic N) is 2. The molecule has 0 unspecified atom stereocenters. The quantitative estimate of drug-likeness (QED) is 0.852.